The fraction of sp³-hybridized carbons (Fsp3) is 0.929. The summed E-state index contributed by atoms with van der Waals surface area (Å²) in [5.41, 5.74) is -0.184. The monoisotopic (exact) mass is 240 g/mol. The van der Waals surface area contributed by atoms with E-state index in [0.717, 1.165) is 38.8 Å². The Morgan fingerprint density at radius 3 is 2.47 bits per heavy atom. The first kappa shape index (κ1) is 14.5. The van der Waals surface area contributed by atoms with Gasteiger partial charge in [0.25, 0.3) is 0 Å². The summed E-state index contributed by atoms with van der Waals surface area (Å²) in [5.74, 6) is 0.330. The van der Waals surface area contributed by atoms with E-state index < -0.39 is 0 Å². The lowest BCUT2D eigenvalue weighted by atomic mass is 9.80. The van der Waals surface area contributed by atoms with Crippen LogP contribution in [0.15, 0.2) is 0 Å². The average Bonchev–Trinajstić information content (AvgIpc) is 2.77. The van der Waals surface area contributed by atoms with Crippen LogP contribution in [-0.2, 0) is 4.79 Å². The van der Waals surface area contributed by atoms with Crippen LogP contribution in [0.25, 0.3) is 0 Å². The van der Waals surface area contributed by atoms with Gasteiger partial charge in [0.15, 0.2) is 0 Å². The Bertz CT molecular complexity index is 267. The fourth-order valence-corrected chi connectivity index (χ4v) is 2.59. The van der Waals surface area contributed by atoms with Crippen molar-refractivity contribution in [2.45, 2.75) is 58.9 Å². The van der Waals surface area contributed by atoms with Crippen LogP contribution in [0.2, 0.25) is 0 Å². The highest BCUT2D eigenvalue weighted by atomic mass is 16.2. The smallest absolute Gasteiger partial charge is 0.230 e. The van der Waals surface area contributed by atoms with Crippen molar-refractivity contribution in [1.29, 1.82) is 0 Å². The maximum atomic E-state index is 12.7. The highest BCUT2D eigenvalue weighted by molar-refractivity contribution is 5.83. The van der Waals surface area contributed by atoms with E-state index in [2.05, 4.69) is 33.0 Å². The molecule has 0 spiro atoms. The van der Waals surface area contributed by atoms with Crippen molar-refractivity contribution in [2.75, 3.05) is 20.1 Å². The molecule has 0 aliphatic carbocycles. The molecule has 0 saturated carbocycles. The van der Waals surface area contributed by atoms with Gasteiger partial charge in [-0.05, 0) is 39.7 Å². The first-order valence-electron chi connectivity index (χ1n) is 6.88. The van der Waals surface area contributed by atoms with Gasteiger partial charge in [0.2, 0.25) is 5.91 Å². The van der Waals surface area contributed by atoms with Gasteiger partial charge < -0.3 is 10.2 Å². The number of amides is 1. The molecule has 1 unspecified atom stereocenters. The minimum absolute atomic E-state index is 0.0413. The molecule has 1 N–H and O–H groups in total. The molecule has 1 saturated heterocycles. The highest BCUT2D eigenvalue weighted by Gasteiger charge is 2.44. The first-order valence-corrected chi connectivity index (χ1v) is 6.88. The standard InChI is InChI=1S/C14H28N2O/c1-6-8-14(9-10-15-11-14)12(17)16(5)13(3,4)7-2/h15H,6-11H2,1-5H3. The van der Waals surface area contributed by atoms with Crippen molar-refractivity contribution in [2.24, 2.45) is 5.41 Å². The second kappa shape index (κ2) is 5.38. The molecule has 0 aromatic heterocycles. The summed E-state index contributed by atoms with van der Waals surface area (Å²) in [4.78, 5) is 14.7. The molecule has 1 atom stereocenters. The van der Waals surface area contributed by atoms with E-state index in [-0.39, 0.29) is 11.0 Å². The molecular formula is C14H28N2O. The van der Waals surface area contributed by atoms with Crippen molar-refractivity contribution in [1.82, 2.24) is 10.2 Å². The summed E-state index contributed by atoms with van der Waals surface area (Å²) in [6.45, 7) is 10.4. The Kier molecular flexibility index (Phi) is 4.59. The molecule has 1 aliphatic rings. The average molecular weight is 240 g/mol. The van der Waals surface area contributed by atoms with Gasteiger partial charge >= 0.3 is 0 Å². The van der Waals surface area contributed by atoms with Gasteiger partial charge in [0.1, 0.15) is 0 Å². The highest BCUT2D eigenvalue weighted by Crippen LogP contribution is 2.35. The minimum Gasteiger partial charge on any atom is -0.340 e. The summed E-state index contributed by atoms with van der Waals surface area (Å²) in [7, 11) is 1.96. The maximum Gasteiger partial charge on any atom is 0.230 e. The van der Waals surface area contributed by atoms with Crippen LogP contribution in [0.1, 0.15) is 53.4 Å². The first-order chi connectivity index (χ1) is 7.89. The summed E-state index contributed by atoms with van der Waals surface area (Å²) in [6, 6.07) is 0. The van der Waals surface area contributed by atoms with Crippen molar-refractivity contribution >= 4 is 5.91 Å². The van der Waals surface area contributed by atoms with Crippen molar-refractivity contribution < 1.29 is 4.79 Å². The predicted octanol–water partition coefficient (Wildman–Crippen LogP) is 2.41. The molecule has 1 heterocycles. The predicted molar refractivity (Wildman–Crippen MR) is 72.0 cm³/mol. The molecule has 0 aromatic carbocycles. The summed E-state index contributed by atoms with van der Waals surface area (Å²) in [6.07, 6.45) is 4.06. The van der Waals surface area contributed by atoms with E-state index in [1.165, 1.54) is 0 Å². The second-order valence-corrected chi connectivity index (χ2v) is 5.99. The minimum atomic E-state index is -0.143. The van der Waals surface area contributed by atoms with E-state index >= 15 is 0 Å². The molecule has 1 fully saturated rings. The Morgan fingerprint density at radius 1 is 1.41 bits per heavy atom. The lowest BCUT2D eigenvalue weighted by molar-refractivity contribution is -0.145. The van der Waals surface area contributed by atoms with Crippen LogP contribution in [0.3, 0.4) is 0 Å². The van der Waals surface area contributed by atoms with Crippen molar-refractivity contribution in [3.63, 3.8) is 0 Å². The molecule has 1 rings (SSSR count). The largest absolute Gasteiger partial charge is 0.340 e. The van der Waals surface area contributed by atoms with Crippen LogP contribution in [0.5, 0.6) is 0 Å². The van der Waals surface area contributed by atoms with Gasteiger partial charge in [0, 0.05) is 19.1 Å². The molecule has 1 aliphatic heterocycles. The molecule has 0 bridgehead atoms. The summed E-state index contributed by atoms with van der Waals surface area (Å²) < 4.78 is 0. The zero-order chi connectivity index (χ0) is 13.1. The number of nitrogens with one attached hydrogen (secondary N) is 1. The van der Waals surface area contributed by atoms with E-state index in [9.17, 15) is 4.79 Å². The SMILES string of the molecule is CCCC1(C(=O)N(C)C(C)(C)CC)CCNC1. The fourth-order valence-electron chi connectivity index (χ4n) is 2.59. The Balaban J connectivity index is 2.85. The molecule has 3 heteroatoms. The van der Waals surface area contributed by atoms with Crippen LogP contribution in [0, 0.1) is 5.41 Å². The quantitative estimate of drug-likeness (QED) is 0.800. The van der Waals surface area contributed by atoms with E-state index in [0.29, 0.717) is 5.91 Å². The normalized spacial score (nSPS) is 25.0. The zero-order valence-corrected chi connectivity index (χ0v) is 12.1. The third-order valence-corrected chi connectivity index (χ3v) is 4.50. The Hall–Kier alpha value is -0.570. The number of rotatable bonds is 5. The van der Waals surface area contributed by atoms with Gasteiger partial charge in [-0.1, -0.05) is 20.3 Å². The van der Waals surface area contributed by atoms with Gasteiger partial charge in [0.05, 0.1) is 5.41 Å². The number of carbonyl (C=O) groups excluding carboxylic acids is 1. The maximum absolute atomic E-state index is 12.7. The van der Waals surface area contributed by atoms with Crippen LogP contribution < -0.4 is 5.32 Å². The van der Waals surface area contributed by atoms with E-state index in [1.54, 1.807) is 0 Å². The Labute approximate surface area is 106 Å². The van der Waals surface area contributed by atoms with Gasteiger partial charge in [-0.2, -0.15) is 0 Å². The van der Waals surface area contributed by atoms with Crippen LogP contribution >= 0.6 is 0 Å². The lowest BCUT2D eigenvalue weighted by Crippen LogP contribution is -2.52. The topological polar surface area (TPSA) is 32.3 Å². The molecular weight excluding hydrogens is 212 g/mol. The van der Waals surface area contributed by atoms with Crippen LogP contribution in [0.4, 0.5) is 0 Å². The number of carbonyl (C=O) groups is 1. The van der Waals surface area contributed by atoms with E-state index in [1.807, 2.05) is 11.9 Å². The Morgan fingerprint density at radius 2 is 2.06 bits per heavy atom. The summed E-state index contributed by atoms with van der Waals surface area (Å²) in [5, 5.41) is 3.36. The molecule has 0 aromatic rings. The number of nitrogens with zero attached hydrogens (tertiary/aromatic N) is 1. The molecule has 17 heavy (non-hydrogen) atoms. The molecule has 3 nitrogen and oxygen atoms in total. The van der Waals surface area contributed by atoms with E-state index in [4.69, 9.17) is 0 Å². The zero-order valence-electron chi connectivity index (χ0n) is 12.1. The molecule has 100 valence electrons. The van der Waals surface area contributed by atoms with Gasteiger partial charge in [-0.25, -0.2) is 0 Å². The van der Waals surface area contributed by atoms with Crippen LogP contribution in [-0.4, -0.2) is 36.5 Å². The lowest BCUT2D eigenvalue weighted by Gasteiger charge is -2.40. The van der Waals surface area contributed by atoms with Gasteiger partial charge in [-0.15, -0.1) is 0 Å². The van der Waals surface area contributed by atoms with Crippen molar-refractivity contribution in [3.05, 3.63) is 0 Å². The number of hydrogen-bond donors (Lipinski definition) is 1. The summed E-state index contributed by atoms with van der Waals surface area (Å²) >= 11 is 0. The molecule has 0 radical (unpaired) electrons. The third kappa shape index (κ3) is 2.82. The third-order valence-electron chi connectivity index (χ3n) is 4.50. The van der Waals surface area contributed by atoms with Crippen molar-refractivity contribution in [3.8, 4) is 0 Å². The van der Waals surface area contributed by atoms with Gasteiger partial charge in [-0.3, -0.25) is 4.79 Å². The second-order valence-electron chi connectivity index (χ2n) is 5.99. The molecule has 1 amide bonds. The number of hydrogen-bond acceptors (Lipinski definition) is 2.